The first-order chi connectivity index (χ1) is 8.47. The van der Waals surface area contributed by atoms with Crippen LogP contribution in [0.1, 0.15) is 5.56 Å². The Bertz CT molecular complexity index is 555. The number of amides is 1. The Morgan fingerprint density at radius 1 is 1.56 bits per heavy atom. The molecule has 7 heteroatoms. The summed E-state index contributed by atoms with van der Waals surface area (Å²) in [5.41, 5.74) is 0.768. The van der Waals surface area contributed by atoms with E-state index >= 15 is 0 Å². The lowest BCUT2D eigenvalue weighted by molar-refractivity contribution is -0.267. The molecule has 0 bridgehead atoms. The van der Waals surface area contributed by atoms with Gasteiger partial charge in [-0.15, -0.1) is 0 Å². The molecule has 0 unspecified atom stereocenters. The zero-order valence-electron chi connectivity index (χ0n) is 9.34. The Labute approximate surface area is 113 Å². The quantitative estimate of drug-likeness (QED) is 0.480. The largest absolute Gasteiger partial charge is 0.871 e. The van der Waals surface area contributed by atoms with Crippen molar-refractivity contribution in [2.45, 2.75) is 0 Å². The zero-order chi connectivity index (χ0) is 13.3. The monoisotopic (exact) mass is 281 g/mol. The molecule has 1 amide bonds. The number of carbonyl (C=O) groups excluding carboxylic acids is 1. The van der Waals surface area contributed by atoms with Gasteiger partial charge in [-0.3, -0.25) is 15.1 Å². The molecule has 5 nitrogen and oxygen atoms in total. The smallest absolute Gasteiger partial charge is 0.263 e. The maximum absolute atomic E-state index is 11.6. The van der Waals surface area contributed by atoms with Gasteiger partial charge >= 0.3 is 0 Å². The number of hydrogen-bond donors (Lipinski definition) is 2. The SMILES string of the molecule is CN(O)c1ccc(/C=C2\SC(=S)NC2=O)cc1[O-]. The summed E-state index contributed by atoms with van der Waals surface area (Å²) in [4.78, 5) is 11.9. The third kappa shape index (κ3) is 2.63. The van der Waals surface area contributed by atoms with Crippen LogP contribution in [0, 0.1) is 0 Å². The van der Waals surface area contributed by atoms with Crippen LogP contribution in [-0.4, -0.2) is 22.5 Å². The predicted octanol–water partition coefficient (Wildman–Crippen LogP) is 1.07. The second-order valence-electron chi connectivity index (χ2n) is 3.60. The summed E-state index contributed by atoms with van der Waals surface area (Å²) in [6.45, 7) is 0. The summed E-state index contributed by atoms with van der Waals surface area (Å²) in [6, 6.07) is 4.49. The summed E-state index contributed by atoms with van der Waals surface area (Å²) in [7, 11) is 1.37. The van der Waals surface area contributed by atoms with E-state index in [-0.39, 0.29) is 17.3 Å². The van der Waals surface area contributed by atoms with Crippen LogP contribution in [0.15, 0.2) is 23.1 Å². The number of thioether (sulfide) groups is 1. The number of nitrogens with zero attached hydrogens (tertiary/aromatic N) is 1. The molecule has 1 aliphatic rings. The lowest BCUT2D eigenvalue weighted by Gasteiger charge is -2.19. The van der Waals surface area contributed by atoms with Crippen molar-refractivity contribution in [3.63, 3.8) is 0 Å². The molecule has 18 heavy (non-hydrogen) atoms. The van der Waals surface area contributed by atoms with E-state index < -0.39 is 0 Å². The molecule has 0 saturated carbocycles. The van der Waals surface area contributed by atoms with Crippen molar-refractivity contribution in [1.82, 2.24) is 5.32 Å². The van der Waals surface area contributed by atoms with E-state index in [0.717, 1.165) is 16.8 Å². The van der Waals surface area contributed by atoms with Crippen molar-refractivity contribution in [2.75, 3.05) is 12.1 Å². The number of hydroxylamine groups is 1. The van der Waals surface area contributed by atoms with Crippen LogP contribution in [0.5, 0.6) is 5.75 Å². The van der Waals surface area contributed by atoms with Crippen molar-refractivity contribution in [2.24, 2.45) is 0 Å². The molecule has 1 aromatic carbocycles. The van der Waals surface area contributed by atoms with Gasteiger partial charge in [-0.1, -0.05) is 41.9 Å². The van der Waals surface area contributed by atoms with Crippen molar-refractivity contribution in [1.29, 1.82) is 0 Å². The van der Waals surface area contributed by atoms with Gasteiger partial charge in [-0.2, -0.15) is 0 Å². The standard InChI is InChI=1S/C11H10N2O3S2/c1-13(16)7-3-2-6(4-8(7)14)5-9-10(15)12-11(17)18-9/h2-5,14,16H,1H3,(H,12,15,17)/p-1/b9-5-. The summed E-state index contributed by atoms with van der Waals surface area (Å²) in [6.07, 6.45) is 1.59. The number of hydrogen-bond acceptors (Lipinski definition) is 6. The lowest BCUT2D eigenvalue weighted by atomic mass is 10.1. The van der Waals surface area contributed by atoms with Crippen LogP contribution in [0.25, 0.3) is 6.08 Å². The minimum atomic E-state index is -0.319. The normalized spacial score (nSPS) is 17.1. The van der Waals surface area contributed by atoms with Gasteiger partial charge < -0.3 is 10.4 Å². The zero-order valence-corrected chi connectivity index (χ0v) is 11.0. The molecule has 1 aromatic rings. The minimum absolute atomic E-state index is 0.177. The van der Waals surface area contributed by atoms with Crippen LogP contribution in [-0.2, 0) is 4.79 Å². The van der Waals surface area contributed by atoms with Crippen LogP contribution in [0.2, 0.25) is 0 Å². The predicted molar refractivity (Wildman–Crippen MR) is 72.4 cm³/mol. The van der Waals surface area contributed by atoms with Crippen molar-refractivity contribution < 1.29 is 15.1 Å². The third-order valence-electron chi connectivity index (χ3n) is 2.27. The Hall–Kier alpha value is -1.57. The van der Waals surface area contributed by atoms with Gasteiger partial charge in [0.15, 0.2) is 0 Å². The highest BCUT2D eigenvalue weighted by Crippen LogP contribution is 2.29. The fourth-order valence-corrected chi connectivity index (χ4v) is 2.50. The fraction of sp³-hybridized carbons (Fsp3) is 0.0909. The van der Waals surface area contributed by atoms with E-state index in [9.17, 15) is 15.1 Å². The van der Waals surface area contributed by atoms with Gasteiger partial charge in [-0.05, 0) is 17.7 Å². The maximum atomic E-state index is 11.6. The van der Waals surface area contributed by atoms with E-state index in [2.05, 4.69) is 5.32 Å². The molecule has 1 aliphatic heterocycles. The molecule has 2 N–H and O–H groups in total. The number of nitrogens with one attached hydrogen (secondary N) is 1. The molecular weight excluding hydrogens is 272 g/mol. The highest BCUT2D eigenvalue weighted by atomic mass is 32.2. The van der Waals surface area contributed by atoms with Crippen LogP contribution in [0.3, 0.4) is 0 Å². The topological polar surface area (TPSA) is 75.6 Å². The number of benzene rings is 1. The highest BCUT2D eigenvalue weighted by molar-refractivity contribution is 8.26. The van der Waals surface area contributed by atoms with E-state index in [1.807, 2.05) is 0 Å². The Balaban J connectivity index is 2.31. The first-order valence-electron chi connectivity index (χ1n) is 4.96. The highest BCUT2D eigenvalue weighted by Gasteiger charge is 2.21. The first kappa shape index (κ1) is 12.9. The lowest BCUT2D eigenvalue weighted by Crippen LogP contribution is -2.17. The molecule has 1 saturated heterocycles. The summed E-state index contributed by atoms with van der Waals surface area (Å²) in [5.74, 6) is -0.582. The Kier molecular flexibility index (Phi) is 3.55. The summed E-state index contributed by atoms with van der Waals surface area (Å²) < 4.78 is 0.403. The molecule has 0 aromatic heterocycles. The number of thiocarbonyl (C=S) groups is 1. The van der Waals surface area contributed by atoms with E-state index in [4.69, 9.17) is 12.2 Å². The van der Waals surface area contributed by atoms with Crippen LogP contribution in [0.4, 0.5) is 5.69 Å². The Morgan fingerprint density at radius 3 is 2.78 bits per heavy atom. The van der Waals surface area contributed by atoms with Crippen LogP contribution < -0.4 is 15.5 Å². The molecule has 0 radical (unpaired) electrons. The average molecular weight is 281 g/mol. The Morgan fingerprint density at radius 2 is 2.28 bits per heavy atom. The van der Waals surface area contributed by atoms with E-state index in [0.29, 0.717) is 14.8 Å². The van der Waals surface area contributed by atoms with E-state index in [1.165, 1.54) is 19.2 Å². The van der Waals surface area contributed by atoms with Crippen molar-refractivity contribution in [3.8, 4) is 5.75 Å². The minimum Gasteiger partial charge on any atom is -0.871 e. The van der Waals surface area contributed by atoms with Crippen LogP contribution >= 0.6 is 24.0 Å². The molecule has 0 spiro atoms. The summed E-state index contributed by atoms with van der Waals surface area (Å²) in [5, 5.41) is 24.1. The molecule has 0 aliphatic carbocycles. The molecule has 0 atom stereocenters. The van der Waals surface area contributed by atoms with Gasteiger partial charge in [0.05, 0.1) is 10.6 Å². The fourth-order valence-electron chi connectivity index (χ4n) is 1.46. The van der Waals surface area contributed by atoms with Gasteiger partial charge in [0.2, 0.25) is 0 Å². The van der Waals surface area contributed by atoms with E-state index in [1.54, 1.807) is 12.1 Å². The molecular formula is C11H9N2O3S2-. The van der Waals surface area contributed by atoms with Gasteiger partial charge in [-0.25, -0.2) is 0 Å². The van der Waals surface area contributed by atoms with Crippen molar-refractivity contribution >= 4 is 46.0 Å². The molecule has 1 fully saturated rings. The molecule has 94 valence electrons. The first-order valence-corrected chi connectivity index (χ1v) is 6.18. The molecule has 2 rings (SSSR count). The van der Waals surface area contributed by atoms with Crippen molar-refractivity contribution in [3.05, 3.63) is 28.7 Å². The third-order valence-corrected chi connectivity index (χ3v) is 3.43. The molecule has 1 heterocycles. The van der Waals surface area contributed by atoms with Gasteiger partial charge in [0, 0.05) is 7.05 Å². The second kappa shape index (κ2) is 4.97. The van der Waals surface area contributed by atoms with Gasteiger partial charge in [0.1, 0.15) is 4.32 Å². The second-order valence-corrected chi connectivity index (χ2v) is 5.32. The number of rotatable bonds is 2. The number of carbonyl (C=O) groups is 1. The number of anilines is 1. The maximum Gasteiger partial charge on any atom is 0.263 e. The van der Waals surface area contributed by atoms with Gasteiger partial charge in [0.25, 0.3) is 5.91 Å². The summed E-state index contributed by atoms with van der Waals surface area (Å²) >= 11 is 6.01. The average Bonchev–Trinajstić information content (AvgIpc) is 2.57.